The van der Waals surface area contributed by atoms with Crippen molar-refractivity contribution in [1.82, 2.24) is 19.2 Å². The van der Waals surface area contributed by atoms with Crippen LogP contribution in [0.4, 0.5) is 0 Å². The number of hydrogen-bond donors (Lipinski definition) is 0. The molecule has 1 amide bonds. The molecule has 0 N–H and O–H groups in total. The van der Waals surface area contributed by atoms with Crippen molar-refractivity contribution >= 4 is 28.4 Å². The summed E-state index contributed by atoms with van der Waals surface area (Å²) in [5.41, 5.74) is 2.75. The van der Waals surface area contributed by atoms with Crippen LogP contribution < -0.4 is 4.74 Å². The van der Waals surface area contributed by atoms with E-state index in [0.717, 1.165) is 41.1 Å². The van der Waals surface area contributed by atoms with Crippen molar-refractivity contribution in [2.24, 2.45) is 0 Å². The number of hydrogen-bond acceptors (Lipinski definition) is 3. The monoisotopic (exact) mass is 356 g/mol. The third-order valence-corrected chi connectivity index (χ3v) is 5.14. The zero-order chi connectivity index (χ0) is 17.0. The summed E-state index contributed by atoms with van der Waals surface area (Å²) in [5.74, 6) is 0.649. The number of rotatable bonds is 1. The van der Waals surface area contributed by atoms with Crippen LogP contribution in [0.5, 0.6) is 5.88 Å². The Morgan fingerprint density at radius 1 is 1.16 bits per heavy atom. The van der Waals surface area contributed by atoms with E-state index in [0.29, 0.717) is 31.3 Å². The fraction of sp³-hybridized carbons (Fsp3) is 0.333. The summed E-state index contributed by atoms with van der Waals surface area (Å²) >= 11 is 6.09. The first kappa shape index (κ1) is 14.8. The maximum atomic E-state index is 12.9. The Kier molecular flexibility index (Phi) is 3.28. The van der Waals surface area contributed by atoms with Gasteiger partial charge in [0.15, 0.2) is 5.69 Å². The standard InChI is InChI=1S/C18H17ClN4O2/c19-13-2-3-16-12(8-13)9-14-11-21(5-6-22(14)16)18(24)15-10-17-23(20-15)4-1-7-25-17/h2-3,8-10H,1,4-7,11H2. The lowest BCUT2D eigenvalue weighted by Crippen LogP contribution is -2.38. The first-order chi connectivity index (χ1) is 12.2. The molecule has 25 heavy (non-hydrogen) atoms. The van der Waals surface area contributed by atoms with Crippen molar-refractivity contribution in [3.8, 4) is 5.88 Å². The zero-order valence-corrected chi connectivity index (χ0v) is 14.4. The van der Waals surface area contributed by atoms with Gasteiger partial charge in [0.05, 0.1) is 13.2 Å². The van der Waals surface area contributed by atoms with Crippen molar-refractivity contribution < 1.29 is 9.53 Å². The second kappa shape index (κ2) is 5.52. The molecule has 0 fully saturated rings. The number of aromatic nitrogens is 3. The predicted octanol–water partition coefficient (Wildman–Crippen LogP) is 2.93. The average molecular weight is 357 g/mol. The fourth-order valence-electron chi connectivity index (χ4n) is 3.70. The molecular weight excluding hydrogens is 340 g/mol. The highest BCUT2D eigenvalue weighted by atomic mass is 35.5. The quantitative estimate of drug-likeness (QED) is 0.673. The molecule has 5 rings (SSSR count). The van der Waals surface area contributed by atoms with Gasteiger partial charge in [-0.15, -0.1) is 0 Å². The van der Waals surface area contributed by atoms with E-state index in [4.69, 9.17) is 16.3 Å². The van der Waals surface area contributed by atoms with Gasteiger partial charge in [-0.1, -0.05) is 11.6 Å². The second-order valence-corrected chi connectivity index (χ2v) is 6.95. The summed E-state index contributed by atoms with van der Waals surface area (Å²) in [6, 6.07) is 9.78. The average Bonchev–Trinajstić information content (AvgIpc) is 3.20. The number of benzene rings is 1. The van der Waals surface area contributed by atoms with Crippen molar-refractivity contribution in [3.63, 3.8) is 0 Å². The van der Waals surface area contributed by atoms with Crippen LogP contribution in [0, 0.1) is 0 Å². The van der Waals surface area contributed by atoms with Crippen molar-refractivity contribution in [2.75, 3.05) is 13.2 Å². The van der Waals surface area contributed by atoms with Gasteiger partial charge >= 0.3 is 0 Å². The van der Waals surface area contributed by atoms with Crippen molar-refractivity contribution in [2.45, 2.75) is 26.1 Å². The molecule has 1 aromatic carbocycles. The number of amides is 1. The molecule has 2 aliphatic rings. The minimum Gasteiger partial charge on any atom is -0.478 e. The molecule has 0 atom stereocenters. The Bertz CT molecular complexity index is 967. The highest BCUT2D eigenvalue weighted by molar-refractivity contribution is 6.31. The van der Waals surface area contributed by atoms with Gasteiger partial charge in [0.1, 0.15) is 0 Å². The van der Waals surface area contributed by atoms with Gasteiger partial charge in [0.2, 0.25) is 5.88 Å². The van der Waals surface area contributed by atoms with Gasteiger partial charge in [0.25, 0.3) is 5.91 Å². The van der Waals surface area contributed by atoms with E-state index in [9.17, 15) is 4.79 Å². The number of nitrogens with zero attached hydrogens (tertiary/aromatic N) is 4. The van der Waals surface area contributed by atoms with Gasteiger partial charge in [0, 0.05) is 53.7 Å². The van der Waals surface area contributed by atoms with E-state index in [2.05, 4.69) is 15.7 Å². The molecule has 2 aromatic heterocycles. The molecule has 6 nitrogen and oxygen atoms in total. The Morgan fingerprint density at radius 3 is 2.96 bits per heavy atom. The summed E-state index contributed by atoms with van der Waals surface area (Å²) in [4.78, 5) is 14.7. The molecule has 0 bridgehead atoms. The summed E-state index contributed by atoms with van der Waals surface area (Å²) in [6.07, 6.45) is 0.925. The fourth-order valence-corrected chi connectivity index (χ4v) is 3.88. The SMILES string of the molecule is O=C(c1cc2n(n1)CCCO2)N1CCn2c(cc3cc(Cl)ccc32)C1. The molecule has 2 aliphatic heterocycles. The lowest BCUT2D eigenvalue weighted by atomic mass is 10.2. The summed E-state index contributed by atoms with van der Waals surface area (Å²) in [6.45, 7) is 3.51. The number of carbonyl (C=O) groups is 1. The van der Waals surface area contributed by atoms with Crippen molar-refractivity contribution in [1.29, 1.82) is 0 Å². The van der Waals surface area contributed by atoms with Gasteiger partial charge < -0.3 is 14.2 Å². The number of ether oxygens (including phenoxy) is 1. The lowest BCUT2D eigenvalue weighted by molar-refractivity contribution is 0.0705. The lowest BCUT2D eigenvalue weighted by Gasteiger charge is -2.28. The predicted molar refractivity (Wildman–Crippen MR) is 94.0 cm³/mol. The molecule has 0 saturated carbocycles. The highest BCUT2D eigenvalue weighted by Crippen LogP contribution is 2.27. The maximum absolute atomic E-state index is 12.9. The van der Waals surface area contributed by atoms with Gasteiger partial charge in [-0.3, -0.25) is 4.79 Å². The number of halogens is 1. The molecule has 0 aliphatic carbocycles. The molecule has 3 aromatic rings. The Morgan fingerprint density at radius 2 is 2.08 bits per heavy atom. The second-order valence-electron chi connectivity index (χ2n) is 6.51. The van der Waals surface area contributed by atoms with Crippen LogP contribution in [-0.4, -0.2) is 38.3 Å². The van der Waals surface area contributed by atoms with E-state index in [1.807, 2.05) is 23.1 Å². The van der Waals surface area contributed by atoms with Crippen LogP contribution in [0.25, 0.3) is 10.9 Å². The minimum absolute atomic E-state index is 0.0416. The maximum Gasteiger partial charge on any atom is 0.274 e. The smallest absolute Gasteiger partial charge is 0.274 e. The third-order valence-electron chi connectivity index (χ3n) is 4.91. The number of aryl methyl sites for hydroxylation is 1. The molecule has 128 valence electrons. The Balaban J connectivity index is 1.44. The van der Waals surface area contributed by atoms with Crippen LogP contribution in [0.2, 0.25) is 5.02 Å². The summed E-state index contributed by atoms with van der Waals surface area (Å²) in [5, 5.41) is 6.25. The molecule has 7 heteroatoms. The highest BCUT2D eigenvalue weighted by Gasteiger charge is 2.26. The molecule has 0 saturated heterocycles. The van der Waals surface area contributed by atoms with Crippen LogP contribution in [-0.2, 0) is 19.6 Å². The third kappa shape index (κ3) is 2.40. The van der Waals surface area contributed by atoms with Crippen LogP contribution >= 0.6 is 11.6 Å². The molecular formula is C18H17ClN4O2. The summed E-state index contributed by atoms with van der Waals surface area (Å²) in [7, 11) is 0. The van der Waals surface area contributed by atoms with Gasteiger partial charge in [-0.25, -0.2) is 4.68 Å². The van der Waals surface area contributed by atoms with Crippen LogP contribution in [0.1, 0.15) is 22.6 Å². The van der Waals surface area contributed by atoms with Gasteiger partial charge in [-0.2, -0.15) is 5.10 Å². The Labute approximate surface area is 149 Å². The first-order valence-electron chi connectivity index (χ1n) is 8.47. The molecule has 0 spiro atoms. The topological polar surface area (TPSA) is 52.3 Å². The van der Waals surface area contributed by atoms with E-state index in [1.165, 1.54) is 0 Å². The van der Waals surface area contributed by atoms with E-state index in [1.54, 1.807) is 10.7 Å². The number of carbonyl (C=O) groups excluding carboxylic acids is 1. The minimum atomic E-state index is -0.0416. The van der Waals surface area contributed by atoms with E-state index in [-0.39, 0.29) is 5.91 Å². The van der Waals surface area contributed by atoms with Crippen LogP contribution in [0.3, 0.4) is 0 Å². The van der Waals surface area contributed by atoms with Crippen molar-refractivity contribution in [3.05, 3.63) is 46.7 Å². The van der Waals surface area contributed by atoms with E-state index >= 15 is 0 Å². The molecule has 4 heterocycles. The van der Waals surface area contributed by atoms with Gasteiger partial charge in [-0.05, 0) is 24.3 Å². The van der Waals surface area contributed by atoms with E-state index < -0.39 is 0 Å². The first-order valence-corrected chi connectivity index (χ1v) is 8.84. The largest absolute Gasteiger partial charge is 0.478 e. The molecule has 0 unspecified atom stereocenters. The zero-order valence-electron chi connectivity index (χ0n) is 13.6. The molecule has 0 radical (unpaired) electrons. The Hall–Kier alpha value is -2.47. The summed E-state index contributed by atoms with van der Waals surface area (Å²) < 4.78 is 9.60. The number of fused-ring (bicyclic) bond motifs is 4. The normalized spacial score (nSPS) is 16.4. The van der Waals surface area contributed by atoms with Crippen LogP contribution in [0.15, 0.2) is 30.3 Å².